The maximum atomic E-state index is 12.4. The van der Waals surface area contributed by atoms with Crippen molar-refractivity contribution >= 4 is 5.78 Å². The van der Waals surface area contributed by atoms with Gasteiger partial charge in [0.05, 0.1) is 6.20 Å². The van der Waals surface area contributed by atoms with Crippen molar-refractivity contribution in [1.82, 2.24) is 4.98 Å². The first-order valence-electron chi connectivity index (χ1n) is 3.37. The van der Waals surface area contributed by atoms with Crippen molar-refractivity contribution in [2.45, 2.75) is 13.3 Å². The summed E-state index contributed by atoms with van der Waals surface area (Å²) in [5.41, 5.74) is 0.340. The molecule has 0 aliphatic rings. The van der Waals surface area contributed by atoms with E-state index in [0.717, 1.165) is 6.20 Å². The Bertz CT molecular complexity index is 273. The second-order valence-electron chi connectivity index (χ2n) is 2.17. The van der Waals surface area contributed by atoms with Crippen LogP contribution in [0, 0.1) is 5.82 Å². The van der Waals surface area contributed by atoms with E-state index in [0.29, 0.717) is 12.0 Å². The van der Waals surface area contributed by atoms with Crippen LogP contribution in [-0.4, -0.2) is 10.8 Å². The van der Waals surface area contributed by atoms with Gasteiger partial charge in [-0.25, -0.2) is 4.39 Å². The first-order chi connectivity index (χ1) is 5.24. The van der Waals surface area contributed by atoms with E-state index in [2.05, 4.69) is 4.98 Å². The molecule has 0 N–H and O–H groups in total. The number of carbonyl (C=O) groups excluding carboxylic acids is 1. The molecule has 58 valence electrons. The monoisotopic (exact) mass is 153 g/mol. The predicted molar refractivity (Wildman–Crippen MR) is 38.8 cm³/mol. The van der Waals surface area contributed by atoms with Gasteiger partial charge in [-0.2, -0.15) is 0 Å². The van der Waals surface area contributed by atoms with Crippen molar-refractivity contribution in [3.05, 3.63) is 29.8 Å². The number of carbonyl (C=O) groups is 1. The fourth-order valence-corrected chi connectivity index (χ4v) is 0.768. The minimum atomic E-state index is -0.468. The van der Waals surface area contributed by atoms with Gasteiger partial charge in [0.2, 0.25) is 0 Å². The molecule has 1 heterocycles. The highest BCUT2D eigenvalue weighted by Gasteiger charge is 2.03. The minimum absolute atomic E-state index is 0.0861. The molecule has 0 saturated heterocycles. The Labute approximate surface area is 64.1 Å². The summed E-state index contributed by atoms with van der Waals surface area (Å²) in [5, 5.41) is 0. The van der Waals surface area contributed by atoms with Gasteiger partial charge in [-0.05, 0) is 6.07 Å². The maximum Gasteiger partial charge on any atom is 0.164 e. The molecule has 0 atom stereocenters. The van der Waals surface area contributed by atoms with E-state index in [4.69, 9.17) is 0 Å². The molecule has 0 spiro atoms. The Morgan fingerprint density at radius 2 is 2.36 bits per heavy atom. The molecule has 0 saturated carbocycles. The van der Waals surface area contributed by atoms with E-state index in [-0.39, 0.29) is 5.78 Å². The van der Waals surface area contributed by atoms with Gasteiger partial charge in [0.25, 0.3) is 0 Å². The zero-order valence-corrected chi connectivity index (χ0v) is 6.17. The van der Waals surface area contributed by atoms with E-state index < -0.39 is 5.82 Å². The van der Waals surface area contributed by atoms with Crippen LogP contribution in [0.25, 0.3) is 0 Å². The summed E-state index contributed by atoms with van der Waals surface area (Å²) in [7, 11) is 0. The van der Waals surface area contributed by atoms with Gasteiger partial charge in [0.15, 0.2) is 5.78 Å². The Kier molecular flexibility index (Phi) is 2.31. The van der Waals surface area contributed by atoms with E-state index in [1.807, 2.05) is 0 Å². The quantitative estimate of drug-likeness (QED) is 0.606. The molecule has 1 aromatic rings. The van der Waals surface area contributed by atoms with Crippen LogP contribution in [0.2, 0.25) is 0 Å². The fraction of sp³-hybridized carbons (Fsp3) is 0.250. The van der Waals surface area contributed by atoms with Crippen LogP contribution in [0.3, 0.4) is 0 Å². The van der Waals surface area contributed by atoms with E-state index >= 15 is 0 Å². The molecule has 0 aromatic carbocycles. The summed E-state index contributed by atoms with van der Waals surface area (Å²) < 4.78 is 12.4. The number of Topliss-reactive ketones (excluding diaryl/α,β-unsaturated/α-hetero) is 1. The summed E-state index contributed by atoms with van der Waals surface area (Å²) in [4.78, 5) is 14.5. The van der Waals surface area contributed by atoms with Gasteiger partial charge in [0.1, 0.15) is 5.82 Å². The third-order valence-corrected chi connectivity index (χ3v) is 1.35. The number of aromatic nitrogens is 1. The average Bonchev–Trinajstić information content (AvgIpc) is 2.03. The lowest BCUT2D eigenvalue weighted by molar-refractivity contribution is 0.0987. The maximum absolute atomic E-state index is 12.4. The lowest BCUT2D eigenvalue weighted by atomic mass is 10.1. The third-order valence-electron chi connectivity index (χ3n) is 1.35. The van der Waals surface area contributed by atoms with Gasteiger partial charge in [-0.15, -0.1) is 0 Å². The molecule has 1 rings (SSSR count). The van der Waals surface area contributed by atoms with Crippen molar-refractivity contribution in [3.63, 3.8) is 0 Å². The average molecular weight is 153 g/mol. The van der Waals surface area contributed by atoms with Crippen molar-refractivity contribution in [3.8, 4) is 0 Å². The molecule has 0 bridgehead atoms. The van der Waals surface area contributed by atoms with Gasteiger partial charge in [-0.3, -0.25) is 9.78 Å². The summed E-state index contributed by atoms with van der Waals surface area (Å²) in [6, 6.07) is 1.19. The summed E-state index contributed by atoms with van der Waals surface area (Å²) in [6.45, 7) is 1.73. The Hall–Kier alpha value is -1.25. The van der Waals surface area contributed by atoms with Gasteiger partial charge in [-0.1, -0.05) is 6.92 Å². The third kappa shape index (κ3) is 1.83. The number of hydrogen-bond acceptors (Lipinski definition) is 2. The molecule has 0 aliphatic heterocycles. The topological polar surface area (TPSA) is 30.0 Å². The number of halogens is 1. The molecule has 1 aromatic heterocycles. The fourth-order valence-electron chi connectivity index (χ4n) is 0.768. The molecule has 0 aliphatic carbocycles. The lowest BCUT2D eigenvalue weighted by Gasteiger charge is -1.94. The van der Waals surface area contributed by atoms with Crippen molar-refractivity contribution < 1.29 is 9.18 Å². The number of pyridine rings is 1. The van der Waals surface area contributed by atoms with Crippen LogP contribution in [0.1, 0.15) is 23.7 Å². The van der Waals surface area contributed by atoms with E-state index in [9.17, 15) is 9.18 Å². The standard InChI is InChI=1S/C8H8FNO/c1-2-8(11)6-3-7(9)5-10-4-6/h3-5H,2H2,1H3. The second kappa shape index (κ2) is 3.23. The lowest BCUT2D eigenvalue weighted by Crippen LogP contribution is -1.97. The van der Waals surface area contributed by atoms with Gasteiger partial charge < -0.3 is 0 Å². The Morgan fingerprint density at radius 3 is 2.91 bits per heavy atom. The Morgan fingerprint density at radius 1 is 1.64 bits per heavy atom. The van der Waals surface area contributed by atoms with Crippen LogP contribution in [0.5, 0.6) is 0 Å². The first kappa shape index (κ1) is 7.85. The minimum Gasteiger partial charge on any atom is -0.294 e. The molecule has 3 heteroatoms. The van der Waals surface area contributed by atoms with Crippen LogP contribution >= 0.6 is 0 Å². The molecule has 0 unspecified atom stereocenters. The highest BCUT2D eigenvalue weighted by atomic mass is 19.1. The van der Waals surface area contributed by atoms with Crippen LogP contribution in [-0.2, 0) is 0 Å². The first-order valence-corrected chi connectivity index (χ1v) is 3.37. The molecule has 11 heavy (non-hydrogen) atoms. The molecule has 0 fully saturated rings. The summed E-state index contributed by atoms with van der Waals surface area (Å²) in [6.07, 6.45) is 2.83. The number of nitrogens with zero attached hydrogens (tertiary/aromatic N) is 1. The zero-order chi connectivity index (χ0) is 8.27. The van der Waals surface area contributed by atoms with E-state index in [1.54, 1.807) is 6.92 Å². The SMILES string of the molecule is CCC(=O)c1cncc(F)c1. The molecule has 0 radical (unpaired) electrons. The largest absolute Gasteiger partial charge is 0.294 e. The van der Waals surface area contributed by atoms with Crippen LogP contribution < -0.4 is 0 Å². The van der Waals surface area contributed by atoms with Crippen LogP contribution in [0.15, 0.2) is 18.5 Å². The molecular formula is C8H8FNO. The van der Waals surface area contributed by atoms with Gasteiger partial charge in [0, 0.05) is 18.2 Å². The molecular weight excluding hydrogens is 145 g/mol. The van der Waals surface area contributed by atoms with Crippen molar-refractivity contribution in [2.75, 3.05) is 0 Å². The zero-order valence-electron chi connectivity index (χ0n) is 6.17. The summed E-state index contributed by atoms with van der Waals surface area (Å²) >= 11 is 0. The smallest absolute Gasteiger partial charge is 0.164 e. The Balaban J connectivity index is 2.96. The highest BCUT2D eigenvalue weighted by molar-refractivity contribution is 5.95. The highest BCUT2D eigenvalue weighted by Crippen LogP contribution is 2.03. The second-order valence-corrected chi connectivity index (χ2v) is 2.17. The normalized spacial score (nSPS) is 9.64. The number of ketones is 1. The van der Waals surface area contributed by atoms with E-state index in [1.165, 1.54) is 12.3 Å². The number of rotatable bonds is 2. The molecule has 0 amide bonds. The number of hydrogen-bond donors (Lipinski definition) is 0. The predicted octanol–water partition coefficient (Wildman–Crippen LogP) is 1.81. The van der Waals surface area contributed by atoms with Gasteiger partial charge >= 0.3 is 0 Å². The van der Waals surface area contributed by atoms with Crippen LogP contribution in [0.4, 0.5) is 4.39 Å². The van der Waals surface area contributed by atoms with Crippen molar-refractivity contribution in [2.24, 2.45) is 0 Å². The van der Waals surface area contributed by atoms with Crippen molar-refractivity contribution in [1.29, 1.82) is 0 Å². The molecule has 2 nitrogen and oxygen atoms in total. The summed E-state index contributed by atoms with van der Waals surface area (Å²) in [5.74, 6) is -0.554.